The number of aromatic nitrogens is 2. The number of benzene rings is 2. The average Bonchev–Trinajstić information content (AvgIpc) is 3.21. The summed E-state index contributed by atoms with van der Waals surface area (Å²) in [5.41, 5.74) is 1.10. The average molecular weight is 490 g/mol. The van der Waals surface area contributed by atoms with Crippen LogP contribution in [0.1, 0.15) is 18.2 Å². The fourth-order valence-electron chi connectivity index (χ4n) is 3.39. The molecule has 0 saturated heterocycles. The number of sulfone groups is 1. The first-order chi connectivity index (χ1) is 15.7. The molecule has 33 heavy (non-hydrogen) atoms. The molecule has 3 aromatic rings. The lowest BCUT2D eigenvalue weighted by molar-refractivity contribution is 0.408. The summed E-state index contributed by atoms with van der Waals surface area (Å²) in [6.07, 6.45) is 2.97. The summed E-state index contributed by atoms with van der Waals surface area (Å²) in [5, 5.41) is -0.112. The van der Waals surface area contributed by atoms with Gasteiger partial charge in [0.15, 0.2) is 0 Å². The topological polar surface area (TPSA) is 98.6 Å². The molecule has 0 amide bonds. The van der Waals surface area contributed by atoms with Crippen LogP contribution in [0, 0.1) is 0 Å². The van der Waals surface area contributed by atoms with Crippen LogP contribution in [-0.4, -0.2) is 44.3 Å². The summed E-state index contributed by atoms with van der Waals surface area (Å²) in [7, 11) is -6.07. The Bertz CT molecular complexity index is 1300. The second-order valence-electron chi connectivity index (χ2n) is 7.28. The summed E-state index contributed by atoms with van der Waals surface area (Å²) in [6, 6.07) is 15.0. The zero-order valence-corrected chi connectivity index (χ0v) is 20.2. The number of hydrogen-bond donors (Lipinski definition) is 0. The van der Waals surface area contributed by atoms with Gasteiger partial charge in [-0.15, -0.1) is 6.58 Å². The van der Waals surface area contributed by atoms with Crippen LogP contribution in [0.25, 0.3) is 0 Å². The highest BCUT2D eigenvalue weighted by Crippen LogP contribution is 2.23. The number of ether oxygens (including phenoxy) is 1. The zero-order chi connectivity index (χ0) is 24.1. The van der Waals surface area contributed by atoms with E-state index >= 15 is 0 Å². The highest BCUT2D eigenvalue weighted by Gasteiger charge is 2.28. The quantitative estimate of drug-likeness (QED) is 0.384. The van der Waals surface area contributed by atoms with Crippen LogP contribution >= 0.6 is 0 Å². The van der Waals surface area contributed by atoms with Crippen LogP contribution in [0.2, 0.25) is 0 Å². The van der Waals surface area contributed by atoms with Crippen LogP contribution in [-0.2, 0) is 38.7 Å². The summed E-state index contributed by atoms with van der Waals surface area (Å²) in [4.78, 5) is 4.28. The molecule has 2 aromatic carbocycles. The van der Waals surface area contributed by atoms with Crippen molar-refractivity contribution in [3.8, 4) is 5.75 Å². The first kappa shape index (κ1) is 24.7. The number of allylic oxidation sites excluding steroid dienone is 1. The van der Waals surface area contributed by atoms with Gasteiger partial charge in [0.1, 0.15) is 5.75 Å². The van der Waals surface area contributed by atoms with Crippen molar-refractivity contribution in [2.75, 3.05) is 13.7 Å². The van der Waals surface area contributed by atoms with Gasteiger partial charge in [0.05, 0.1) is 36.2 Å². The second-order valence-corrected chi connectivity index (χ2v) is 11.1. The number of imidazole rings is 1. The lowest BCUT2D eigenvalue weighted by atomic mass is 10.2. The molecule has 0 aliphatic heterocycles. The van der Waals surface area contributed by atoms with Gasteiger partial charge in [-0.1, -0.05) is 43.3 Å². The normalized spacial score (nSPS) is 12.1. The van der Waals surface area contributed by atoms with Gasteiger partial charge in [0.25, 0.3) is 0 Å². The SMILES string of the molecule is C=CCn1c(CN(CC)S(=O)(=O)c2ccc(OC)cc2)cnc1S(=O)(=O)Cc1ccccc1. The summed E-state index contributed by atoms with van der Waals surface area (Å²) >= 11 is 0. The monoisotopic (exact) mass is 489 g/mol. The smallest absolute Gasteiger partial charge is 0.243 e. The van der Waals surface area contributed by atoms with E-state index in [2.05, 4.69) is 11.6 Å². The maximum atomic E-state index is 13.2. The van der Waals surface area contributed by atoms with Gasteiger partial charge in [-0.2, -0.15) is 4.31 Å². The molecule has 1 aromatic heterocycles. The van der Waals surface area contributed by atoms with E-state index in [0.29, 0.717) is 17.0 Å². The van der Waals surface area contributed by atoms with E-state index in [-0.39, 0.29) is 35.4 Å². The van der Waals surface area contributed by atoms with Crippen molar-refractivity contribution in [3.05, 3.63) is 84.7 Å². The number of hydrogen-bond acceptors (Lipinski definition) is 6. The lowest BCUT2D eigenvalue weighted by Gasteiger charge is -2.21. The van der Waals surface area contributed by atoms with Crippen LogP contribution in [0.5, 0.6) is 5.75 Å². The van der Waals surface area contributed by atoms with Crippen LogP contribution < -0.4 is 4.74 Å². The first-order valence-corrected chi connectivity index (χ1v) is 13.4. The molecular formula is C23H27N3O5S2. The van der Waals surface area contributed by atoms with Crippen molar-refractivity contribution < 1.29 is 21.6 Å². The third kappa shape index (κ3) is 5.52. The Hall–Kier alpha value is -2.95. The Labute approximate surface area is 195 Å². The van der Waals surface area contributed by atoms with Gasteiger partial charge >= 0.3 is 0 Å². The Morgan fingerprint density at radius 3 is 2.30 bits per heavy atom. The van der Waals surface area contributed by atoms with E-state index in [1.807, 2.05) is 6.07 Å². The predicted molar refractivity (Wildman–Crippen MR) is 126 cm³/mol. The molecule has 0 unspecified atom stereocenters. The van der Waals surface area contributed by atoms with E-state index < -0.39 is 19.9 Å². The molecule has 0 aliphatic carbocycles. The van der Waals surface area contributed by atoms with E-state index in [1.165, 1.54) is 34.3 Å². The first-order valence-electron chi connectivity index (χ1n) is 10.3. The van der Waals surface area contributed by atoms with Gasteiger partial charge in [0, 0.05) is 13.1 Å². The third-order valence-electron chi connectivity index (χ3n) is 5.08. The van der Waals surface area contributed by atoms with Crippen molar-refractivity contribution in [1.82, 2.24) is 13.9 Å². The van der Waals surface area contributed by atoms with Gasteiger partial charge in [-0.05, 0) is 29.8 Å². The Kier molecular flexibility index (Phi) is 7.72. The van der Waals surface area contributed by atoms with E-state index in [1.54, 1.807) is 49.4 Å². The van der Waals surface area contributed by atoms with Crippen LogP contribution in [0.15, 0.2) is 83.5 Å². The standard InChI is InChI=1S/C23H27N3O5S2/c1-4-15-26-20(16-24-23(26)32(27,28)18-19-9-7-6-8-10-19)17-25(5-2)33(29,30)22-13-11-21(31-3)12-14-22/h4,6-14,16H,1,5,15,17-18H2,2-3H3. The van der Waals surface area contributed by atoms with Crippen molar-refractivity contribution in [1.29, 1.82) is 0 Å². The predicted octanol–water partition coefficient (Wildman–Crippen LogP) is 3.26. The molecule has 1 heterocycles. The highest BCUT2D eigenvalue weighted by molar-refractivity contribution is 7.90. The van der Waals surface area contributed by atoms with Crippen molar-refractivity contribution >= 4 is 19.9 Å². The number of nitrogens with zero attached hydrogens (tertiary/aromatic N) is 3. The molecule has 10 heteroatoms. The van der Waals surface area contributed by atoms with E-state index in [0.717, 1.165) is 0 Å². The molecule has 0 aliphatic rings. The van der Waals surface area contributed by atoms with Crippen molar-refractivity contribution in [3.63, 3.8) is 0 Å². The highest BCUT2D eigenvalue weighted by atomic mass is 32.2. The number of rotatable bonds is 11. The van der Waals surface area contributed by atoms with Gasteiger partial charge in [-0.25, -0.2) is 21.8 Å². The van der Waals surface area contributed by atoms with E-state index in [9.17, 15) is 16.8 Å². The summed E-state index contributed by atoms with van der Waals surface area (Å²) in [5.74, 6) is 0.345. The number of methoxy groups -OCH3 is 1. The minimum absolute atomic E-state index is 0.0352. The molecule has 8 nitrogen and oxygen atoms in total. The minimum Gasteiger partial charge on any atom is -0.497 e. The molecule has 3 rings (SSSR count). The fraction of sp³-hybridized carbons (Fsp3) is 0.261. The van der Waals surface area contributed by atoms with Crippen molar-refractivity contribution in [2.45, 2.75) is 35.8 Å². The Balaban J connectivity index is 1.93. The summed E-state index contributed by atoms with van der Waals surface area (Å²) < 4.78 is 60.4. The van der Waals surface area contributed by atoms with Gasteiger partial charge in [-0.3, -0.25) is 0 Å². The number of sulfonamides is 1. The van der Waals surface area contributed by atoms with Gasteiger partial charge in [0.2, 0.25) is 25.0 Å². The molecule has 0 bridgehead atoms. The molecule has 0 saturated carbocycles. The molecule has 0 atom stereocenters. The van der Waals surface area contributed by atoms with Crippen LogP contribution in [0.3, 0.4) is 0 Å². The third-order valence-corrected chi connectivity index (χ3v) is 8.61. The van der Waals surface area contributed by atoms with E-state index in [4.69, 9.17) is 4.74 Å². The lowest BCUT2D eigenvalue weighted by Crippen LogP contribution is -2.31. The fourth-order valence-corrected chi connectivity index (χ4v) is 6.31. The Morgan fingerprint density at radius 2 is 1.73 bits per heavy atom. The molecule has 0 radical (unpaired) electrons. The second kappa shape index (κ2) is 10.3. The molecular weight excluding hydrogens is 462 g/mol. The largest absolute Gasteiger partial charge is 0.497 e. The van der Waals surface area contributed by atoms with Gasteiger partial charge < -0.3 is 9.30 Å². The summed E-state index contributed by atoms with van der Waals surface area (Å²) in [6.45, 7) is 5.77. The molecule has 0 N–H and O–H groups in total. The minimum atomic E-state index is -3.82. The van der Waals surface area contributed by atoms with Crippen molar-refractivity contribution in [2.24, 2.45) is 0 Å². The Morgan fingerprint density at radius 1 is 1.06 bits per heavy atom. The van der Waals surface area contributed by atoms with Crippen LogP contribution in [0.4, 0.5) is 0 Å². The zero-order valence-electron chi connectivity index (χ0n) is 18.6. The molecule has 0 spiro atoms. The maximum Gasteiger partial charge on any atom is 0.243 e. The molecule has 0 fully saturated rings. The maximum absolute atomic E-state index is 13.2. The molecule has 176 valence electrons.